The van der Waals surface area contributed by atoms with Crippen LogP contribution in [0.4, 0.5) is 0 Å². The fourth-order valence-electron chi connectivity index (χ4n) is 3.78. The Balaban J connectivity index is 1.77. The second-order valence-corrected chi connectivity index (χ2v) is 6.45. The number of rotatable bonds is 3. The van der Waals surface area contributed by atoms with Gasteiger partial charge in [-0.05, 0) is 17.5 Å². The Hall–Kier alpha value is -2.13. The van der Waals surface area contributed by atoms with Gasteiger partial charge in [0.15, 0.2) is 5.72 Å². The Kier molecular flexibility index (Phi) is 3.46. The number of benzene rings is 2. The maximum atomic E-state index is 11.5. The molecule has 1 atom stereocenters. The monoisotopic (exact) mass is 306 g/mol. The van der Waals surface area contributed by atoms with Gasteiger partial charge in [-0.1, -0.05) is 61.9 Å². The van der Waals surface area contributed by atoms with Gasteiger partial charge in [-0.3, -0.25) is 4.99 Å². The van der Waals surface area contributed by atoms with Crippen molar-refractivity contribution in [1.82, 2.24) is 4.90 Å². The molecule has 0 saturated carbocycles. The summed E-state index contributed by atoms with van der Waals surface area (Å²) in [5.74, 6) is 0.937. The van der Waals surface area contributed by atoms with E-state index in [2.05, 4.69) is 53.2 Å². The van der Waals surface area contributed by atoms with E-state index in [1.807, 2.05) is 12.1 Å². The minimum absolute atomic E-state index is 0.606. The first-order valence-electron chi connectivity index (χ1n) is 8.44. The van der Waals surface area contributed by atoms with E-state index in [1.165, 1.54) is 11.1 Å². The Bertz CT molecular complexity index is 750. The third-order valence-corrected chi connectivity index (χ3v) is 4.94. The second kappa shape index (κ2) is 5.50. The molecule has 2 aromatic carbocycles. The van der Waals surface area contributed by atoms with Crippen molar-refractivity contribution in [2.24, 2.45) is 4.99 Å². The van der Waals surface area contributed by atoms with Gasteiger partial charge in [0.25, 0.3) is 0 Å². The average molecular weight is 306 g/mol. The van der Waals surface area contributed by atoms with Crippen LogP contribution >= 0.6 is 0 Å². The van der Waals surface area contributed by atoms with Gasteiger partial charge < -0.3 is 10.0 Å². The van der Waals surface area contributed by atoms with E-state index in [-0.39, 0.29) is 0 Å². The standard InChI is InChI=1S/C20H22N2O/c1-2-5-15-8-10-17(11-9-15)20(23)14-16-6-3-4-7-18(16)19-21-12-13-22(19)20/h3-4,6-11,23H,2,5,12-14H2,1H3. The quantitative estimate of drug-likeness (QED) is 0.946. The van der Waals surface area contributed by atoms with Gasteiger partial charge in [-0.15, -0.1) is 0 Å². The van der Waals surface area contributed by atoms with E-state index in [4.69, 9.17) is 0 Å². The Morgan fingerprint density at radius 1 is 1.13 bits per heavy atom. The number of hydrogen-bond acceptors (Lipinski definition) is 3. The number of amidine groups is 1. The van der Waals surface area contributed by atoms with Crippen LogP contribution in [0.3, 0.4) is 0 Å². The lowest BCUT2D eigenvalue weighted by atomic mass is 9.86. The van der Waals surface area contributed by atoms with Crippen LogP contribution in [0.2, 0.25) is 0 Å². The molecule has 0 spiro atoms. The molecule has 23 heavy (non-hydrogen) atoms. The van der Waals surface area contributed by atoms with E-state index in [0.29, 0.717) is 6.42 Å². The fraction of sp³-hybridized carbons (Fsp3) is 0.350. The first kappa shape index (κ1) is 14.5. The Morgan fingerprint density at radius 2 is 1.91 bits per heavy atom. The van der Waals surface area contributed by atoms with Crippen LogP contribution in [0.5, 0.6) is 0 Å². The lowest BCUT2D eigenvalue weighted by molar-refractivity contribution is -0.0745. The lowest BCUT2D eigenvalue weighted by Gasteiger charge is -2.43. The van der Waals surface area contributed by atoms with Crippen molar-refractivity contribution < 1.29 is 5.11 Å². The topological polar surface area (TPSA) is 35.8 Å². The minimum Gasteiger partial charge on any atom is -0.366 e. The summed E-state index contributed by atoms with van der Waals surface area (Å²) in [7, 11) is 0. The smallest absolute Gasteiger partial charge is 0.169 e. The van der Waals surface area contributed by atoms with E-state index < -0.39 is 5.72 Å². The molecule has 1 N–H and O–H groups in total. The number of fused-ring (bicyclic) bond motifs is 3. The predicted molar refractivity (Wildman–Crippen MR) is 92.6 cm³/mol. The van der Waals surface area contributed by atoms with Crippen LogP contribution in [0, 0.1) is 0 Å². The van der Waals surface area contributed by atoms with Crippen LogP contribution in [0.1, 0.15) is 35.6 Å². The van der Waals surface area contributed by atoms with Crippen molar-refractivity contribution in [2.75, 3.05) is 13.1 Å². The molecule has 0 fully saturated rings. The molecule has 0 aliphatic carbocycles. The molecule has 118 valence electrons. The number of aryl methyl sites for hydroxylation is 1. The number of aliphatic hydroxyl groups is 1. The van der Waals surface area contributed by atoms with Crippen LogP contribution in [0.15, 0.2) is 53.5 Å². The predicted octanol–water partition coefficient (Wildman–Crippen LogP) is 3.10. The lowest BCUT2D eigenvalue weighted by Crippen LogP contribution is -2.53. The zero-order valence-corrected chi connectivity index (χ0v) is 13.5. The van der Waals surface area contributed by atoms with Crippen LogP contribution in [-0.2, 0) is 18.6 Å². The van der Waals surface area contributed by atoms with Gasteiger partial charge in [0, 0.05) is 24.1 Å². The van der Waals surface area contributed by atoms with Crippen molar-refractivity contribution in [1.29, 1.82) is 0 Å². The van der Waals surface area contributed by atoms with Gasteiger partial charge >= 0.3 is 0 Å². The molecule has 2 aliphatic heterocycles. The van der Waals surface area contributed by atoms with Gasteiger partial charge in [0.2, 0.25) is 0 Å². The molecule has 0 aromatic heterocycles. The van der Waals surface area contributed by atoms with Gasteiger partial charge in [0.1, 0.15) is 5.84 Å². The number of nitrogens with zero attached hydrogens (tertiary/aromatic N) is 2. The van der Waals surface area contributed by atoms with E-state index in [9.17, 15) is 5.11 Å². The molecule has 4 rings (SSSR count). The molecule has 0 bridgehead atoms. The molecular formula is C20H22N2O. The molecule has 1 unspecified atom stereocenters. The average Bonchev–Trinajstić information content (AvgIpc) is 3.07. The summed E-state index contributed by atoms with van der Waals surface area (Å²) in [6.45, 7) is 3.71. The highest BCUT2D eigenvalue weighted by Gasteiger charge is 2.44. The highest BCUT2D eigenvalue weighted by atomic mass is 16.3. The SMILES string of the molecule is CCCc1ccc(C2(O)Cc3ccccc3C3=NCCN32)cc1. The van der Waals surface area contributed by atoms with E-state index in [0.717, 1.165) is 42.9 Å². The molecule has 2 aromatic rings. The van der Waals surface area contributed by atoms with Crippen molar-refractivity contribution in [2.45, 2.75) is 31.9 Å². The van der Waals surface area contributed by atoms with Crippen LogP contribution in [-0.4, -0.2) is 28.9 Å². The summed E-state index contributed by atoms with van der Waals surface area (Å²) < 4.78 is 0. The highest BCUT2D eigenvalue weighted by molar-refractivity contribution is 6.02. The van der Waals surface area contributed by atoms with Gasteiger partial charge in [0.05, 0.1) is 6.54 Å². The number of aliphatic imine (C=N–C) groups is 1. The second-order valence-electron chi connectivity index (χ2n) is 6.45. The summed E-state index contributed by atoms with van der Waals surface area (Å²) in [4.78, 5) is 6.72. The molecule has 3 heteroatoms. The van der Waals surface area contributed by atoms with Crippen molar-refractivity contribution in [3.63, 3.8) is 0 Å². The maximum absolute atomic E-state index is 11.5. The summed E-state index contributed by atoms with van der Waals surface area (Å²) in [6, 6.07) is 16.7. The summed E-state index contributed by atoms with van der Waals surface area (Å²) >= 11 is 0. The first-order valence-corrected chi connectivity index (χ1v) is 8.44. The van der Waals surface area contributed by atoms with Crippen LogP contribution < -0.4 is 0 Å². The molecule has 2 aliphatic rings. The first-order chi connectivity index (χ1) is 11.2. The van der Waals surface area contributed by atoms with Gasteiger partial charge in [-0.2, -0.15) is 0 Å². The van der Waals surface area contributed by atoms with Gasteiger partial charge in [-0.25, -0.2) is 0 Å². The van der Waals surface area contributed by atoms with Crippen molar-refractivity contribution in [3.05, 3.63) is 70.8 Å². The zero-order chi connectivity index (χ0) is 15.9. The Morgan fingerprint density at radius 3 is 2.70 bits per heavy atom. The minimum atomic E-state index is -0.992. The van der Waals surface area contributed by atoms with E-state index in [1.54, 1.807) is 0 Å². The number of hydrogen-bond donors (Lipinski definition) is 1. The molecule has 2 heterocycles. The summed E-state index contributed by atoms with van der Waals surface area (Å²) in [6.07, 6.45) is 2.83. The summed E-state index contributed by atoms with van der Waals surface area (Å²) in [5, 5.41) is 11.5. The normalized spacial score (nSPS) is 22.5. The fourth-order valence-corrected chi connectivity index (χ4v) is 3.78. The zero-order valence-electron chi connectivity index (χ0n) is 13.5. The largest absolute Gasteiger partial charge is 0.366 e. The molecular weight excluding hydrogens is 284 g/mol. The highest BCUT2D eigenvalue weighted by Crippen LogP contribution is 2.38. The van der Waals surface area contributed by atoms with Crippen LogP contribution in [0.25, 0.3) is 0 Å². The molecule has 3 nitrogen and oxygen atoms in total. The van der Waals surface area contributed by atoms with E-state index >= 15 is 0 Å². The molecule has 0 saturated heterocycles. The van der Waals surface area contributed by atoms with Crippen molar-refractivity contribution >= 4 is 5.84 Å². The molecule has 0 amide bonds. The Labute approximate surface area is 137 Å². The third kappa shape index (κ3) is 2.27. The molecule has 0 radical (unpaired) electrons. The van der Waals surface area contributed by atoms with Crippen molar-refractivity contribution in [3.8, 4) is 0 Å². The summed E-state index contributed by atoms with van der Waals surface area (Å²) in [5.41, 5.74) is 3.63. The third-order valence-electron chi connectivity index (χ3n) is 4.94. The maximum Gasteiger partial charge on any atom is 0.169 e.